The minimum Gasteiger partial charge on any atom is -0.462 e. The summed E-state index contributed by atoms with van der Waals surface area (Å²) in [5, 5.41) is 11.6. The monoisotopic (exact) mass is 399 g/mol. The van der Waals surface area contributed by atoms with E-state index >= 15 is 0 Å². The van der Waals surface area contributed by atoms with Crippen LogP contribution in [0.2, 0.25) is 0 Å². The Morgan fingerprint density at radius 1 is 1.28 bits per heavy atom. The molecule has 152 valence electrons. The molecule has 1 fully saturated rings. The predicted octanol–water partition coefficient (Wildman–Crippen LogP) is 0.533. The Bertz CT molecular complexity index is 1040. The van der Waals surface area contributed by atoms with Gasteiger partial charge < -0.3 is 9.47 Å². The Hall–Kier alpha value is -3.31. The number of fused-ring (bicyclic) bond motifs is 1. The number of hydrazine groups is 1. The van der Waals surface area contributed by atoms with Gasteiger partial charge in [0.15, 0.2) is 5.65 Å². The van der Waals surface area contributed by atoms with E-state index in [-0.39, 0.29) is 23.8 Å². The van der Waals surface area contributed by atoms with Crippen LogP contribution in [0.5, 0.6) is 0 Å². The average molecular weight is 399 g/mol. The lowest BCUT2D eigenvalue weighted by molar-refractivity contribution is 0.0295. The van der Waals surface area contributed by atoms with Gasteiger partial charge in [0.05, 0.1) is 31.7 Å². The van der Waals surface area contributed by atoms with Crippen molar-refractivity contribution in [3.8, 4) is 0 Å². The second-order valence-corrected chi connectivity index (χ2v) is 6.38. The number of carbonyl (C=O) groups is 2. The Balaban J connectivity index is 1.78. The fraction of sp³-hybridized carbons (Fsp3) is 0.389. The van der Waals surface area contributed by atoms with Crippen molar-refractivity contribution < 1.29 is 19.1 Å². The molecule has 0 atom stereocenters. The first-order valence-corrected chi connectivity index (χ1v) is 9.25. The van der Waals surface area contributed by atoms with Gasteiger partial charge in [-0.1, -0.05) is 0 Å². The molecule has 0 spiro atoms. The molecular weight excluding hydrogens is 378 g/mol. The Kier molecular flexibility index (Phi) is 5.23. The van der Waals surface area contributed by atoms with Gasteiger partial charge in [-0.2, -0.15) is 10.2 Å². The van der Waals surface area contributed by atoms with Gasteiger partial charge in [0.25, 0.3) is 5.91 Å². The van der Waals surface area contributed by atoms with Crippen molar-refractivity contribution in [2.24, 2.45) is 7.05 Å². The molecule has 0 unspecified atom stereocenters. The average Bonchev–Trinajstić information content (AvgIpc) is 3.35. The third kappa shape index (κ3) is 3.57. The summed E-state index contributed by atoms with van der Waals surface area (Å²) in [6.07, 6.45) is 4.53. The molecule has 1 amide bonds. The minimum atomic E-state index is -0.584. The third-order valence-corrected chi connectivity index (χ3v) is 4.61. The molecule has 3 aromatic rings. The maximum atomic E-state index is 13.7. The van der Waals surface area contributed by atoms with Crippen LogP contribution in [0.4, 0.5) is 5.69 Å². The van der Waals surface area contributed by atoms with Crippen LogP contribution >= 0.6 is 0 Å². The van der Waals surface area contributed by atoms with Crippen LogP contribution < -0.4 is 5.01 Å². The van der Waals surface area contributed by atoms with E-state index in [4.69, 9.17) is 9.47 Å². The van der Waals surface area contributed by atoms with E-state index in [2.05, 4.69) is 15.2 Å². The van der Waals surface area contributed by atoms with Crippen LogP contribution in [-0.2, 0) is 16.5 Å². The number of aromatic nitrogens is 5. The van der Waals surface area contributed by atoms with Gasteiger partial charge in [-0.05, 0) is 13.0 Å². The van der Waals surface area contributed by atoms with Crippen LogP contribution in [0.25, 0.3) is 5.65 Å². The van der Waals surface area contributed by atoms with E-state index in [1.165, 1.54) is 22.2 Å². The summed E-state index contributed by atoms with van der Waals surface area (Å²) in [4.78, 5) is 30.2. The first-order chi connectivity index (χ1) is 14.1. The number of aryl methyl sites for hydroxylation is 1. The van der Waals surface area contributed by atoms with Gasteiger partial charge in [0.2, 0.25) is 0 Å². The topological polar surface area (TPSA) is 107 Å². The van der Waals surface area contributed by atoms with Gasteiger partial charge >= 0.3 is 5.97 Å². The molecule has 1 saturated heterocycles. The van der Waals surface area contributed by atoms with Crippen LogP contribution in [-0.4, -0.2) is 74.2 Å². The summed E-state index contributed by atoms with van der Waals surface area (Å²) >= 11 is 0. The van der Waals surface area contributed by atoms with Gasteiger partial charge in [-0.3, -0.25) is 9.48 Å². The molecule has 1 aliphatic heterocycles. The number of morpholine rings is 1. The molecule has 0 bridgehead atoms. The molecule has 0 saturated carbocycles. The Morgan fingerprint density at radius 2 is 2.07 bits per heavy atom. The number of nitrogens with zero attached hydrogens (tertiary/aromatic N) is 7. The lowest BCUT2D eigenvalue weighted by Crippen LogP contribution is -2.52. The molecule has 11 nitrogen and oxygen atoms in total. The highest BCUT2D eigenvalue weighted by molar-refractivity contribution is 6.10. The first-order valence-electron chi connectivity index (χ1n) is 9.25. The van der Waals surface area contributed by atoms with E-state index in [1.807, 2.05) is 5.01 Å². The number of esters is 1. The molecule has 11 heteroatoms. The number of carbonyl (C=O) groups excluding carboxylic acids is 2. The molecular formula is C18H21N7O4. The van der Waals surface area contributed by atoms with E-state index in [1.54, 1.807) is 36.8 Å². The quantitative estimate of drug-likeness (QED) is 0.572. The molecule has 1 aliphatic rings. The fourth-order valence-electron chi connectivity index (χ4n) is 3.25. The molecule has 4 heterocycles. The van der Waals surface area contributed by atoms with Crippen molar-refractivity contribution in [3.63, 3.8) is 0 Å². The van der Waals surface area contributed by atoms with Crippen LogP contribution in [0, 0.1) is 0 Å². The van der Waals surface area contributed by atoms with Crippen molar-refractivity contribution in [2.45, 2.75) is 6.92 Å². The number of anilines is 1. The first kappa shape index (κ1) is 19.0. The number of hydrogen-bond donors (Lipinski definition) is 0. The Labute approximate surface area is 166 Å². The highest BCUT2D eigenvalue weighted by atomic mass is 16.5. The molecule has 0 aliphatic carbocycles. The van der Waals surface area contributed by atoms with Crippen LogP contribution in [0.1, 0.15) is 27.8 Å². The van der Waals surface area contributed by atoms with E-state index in [0.717, 1.165) is 0 Å². The van der Waals surface area contributed by atoms with E-state index < -0.39 is 5.97 Å². The number of rotatable bonds is 5. The summed E-state index contributed by atoms with van der Waals surface area (Å²) in [5.74, 6) is -0.974. The molecule has 3 aromatic heterocycles. The minimum absolute atomic E-state index is 0.126. The van der Waals surface area contributed by atoms with Crippen molar-refractivity contribution >= 4 is 23.2 Å². The molecule has 29 heavy (non-hydrogen) atoms. The summed E-state index contributed by atoms with van der Waals surface area (Å²) in [6, 6.07) is 3.54. The zero-order valence-corrected chi connectivity index (χ0v) is 16.2. The van der Waals surface area contributed by atoms with Crippen molar-refractivity contribution in [1.29, 1.82) is 0 Å². The number of amides is 1. The van der Waals surface area contributed by atoms with E-state index in [0.29, 0.717) is 37.6 Å². The molecule has 0 radical (unpaired) electrons. The zero-order chi connectivity index (χ0) is 20.4. The molecule has 0 aromatic carbocycles. The Morgan fingerprint density at radius 3 is 2.83 bits per heavy atom. The van der Waals surface area contributed by atoms with Crippen LogP contribution in [0.15, 0.2) is 30.9 Å². The van der Waals surface area contributed by atoms with Crippen LogP contribution in [0.3, 0.4) is 0 Å². The number of pyridine rings is 1. The smallest absolute Gasteiger partial charge is 0.342 e. The maximum absolute atomic E-state index is 13.7. The van der Waals surface area contributed by atoms with Crippen molar-refractivity contribution in [2.75, 3.05) is 37.9 Å². The number of hydrogen-bond acceptors (Lipinski definition) is 8. The summed E-state index contributed by atoms with van der Waals surface area (Å²) in [5.41, 5.74) is 1.48. The zero-order valence-electron chi connectivity index (χ0n) is 16.2. The van der Waals surface area contributed by atoms with Gasteiger partial charge in [-0.15, -0.1) is 0 Å². The van der Waals surface area contributed by atoms with Gasteiger partial charge in [0.1, 0.15) is 17.6 Å². The van der Waals surface area contributed by atoms with E-state index in [9.17, 15) is 9.59 Å². The van der Waals surface area contributed by atoms with Crippen molar-refractivity contribution in [3.05, 3.63) is 42.1 Å². The normalized spacial score (nSPS) is 14.8. The third-order valence-electron chi connectivity index (χ3n) is 4.61. The maximum Gasteiger partial charge on any atom is 0.342 e. The summed E-state index contributed by atoms with van der Waals surface area (Å²) < 4.78 is 13.5. The predicted molar refractivity (Wildman–Crippen MR) is 101 cm³/mol. The largest absolute Gasteiger partial charge is 0.462 e. The number of ether oxygens (including phenoxy) is 2. The standard InChI is InChI=1S/C18H21N7O4/c1-3-29-18(27)14-11-20-22(2)16(14)17(26)25(23-6-8-28-9-7-23)13-4-5-24-15(10-13)19-12-21-24/h4-5,10-12H,3,6-9H2,1-2H3. The van der Waals surface area contributed by atoms with Gasteiger partial charge in [-0.25, -0.2) is 24.3 Å². The lowest BCUT2D eigenvalue weighted by Gasteiger charge is -2.37. The summed E-state index contributed by atoms with van der Waals surface area (Å²) in [6.45, 7) is 3.95. The highest BCUT2D eigenvalue weighted by Crippen LogP contribution is 2.23. The lowest BCUT2D eigenvalue weighted by atomic mass is 10.2. The second kappa shape index (κ2) is 7.97. The SMILES string of the molecule is CCOC(=O)c1cnn(C)c1C(=O)N(c1ccn2ncnc2c1)N1CCOCC1. The van der Waals surface area contributed by atoms with Gasteiger partial charge in [0, 0.05) is 32.4 Å². The molecule has 0 N–H and O–H groups in total. The second-order valence-electron chi connectivity index (χ2n) is 6.38. The highest BCUT2D eigenvalue weighted by Gasteiger charge is 2.32. The molecule has 4 rings (SSSR count). The fourth-order valence-corrected chi connectivity index (χ4v) is 3.25. The van der Waals surface area contributed by atoms with Crippen molar-refractivity contribution in [1.82, 2.24) is 29.4 Å². The summed E-state index contributed by atoms with van der Waals surface area (Å²) in [7, 11) is 1.62.